The zero-order chi connectivity index (χ0) is 28.4. The molecule has 0 aromatic heterocycles. The molecule has 1 saturated heterocycles. The van der Waals surface area contributed by atoms with Gasteiger partial charge in [-0.25, -0.2) is 4.79 Å². The first kappa shape index (κ1) is 32.8. The molecule has 0 aromatic carbocycles. The maximum Gasteiger partial charge on any atom is 0.331 e. The number of carboxylic acids is 1. The zero-order valence-electron chi connectivity index (χ0n) is 20.8. The largest absolute Gasteiger partial charge is 0.479 e. The van der Waals surface area contributed by atoms with E-state index in [4.69, 9.17) is 4.52 Å². The van der Waals surface area contributed by atoms with Gasteiger partial charge in [0.25, 0.3) is 0 Å². The lowest BCUT2D eigenvalue weighted by Crippen LogP contribution is -2.55. The normalized spacial score (nSPS) is 25.1. The number of likely N-dealkylation sites (tertiary alicyclic amines) is 1. The molecule has 214 valence electrons. The van der Waals surface area contributed by atoms with Crippen LogP contribution in [0.25, 0.3) is 0 Å². The van der Waals surface area contributed by atoms with E-state index in [1.165, 1.54) is 11.8 Å². The van der Waals surface area contributed by atoms with Crippen molar-refractivity contribution in [1.82, 2.24) is 15.5 Å². The number of amides is 2. The van der Waals surface area contributed by atoms with Gasteiger partial charge in [0.05, 0.1) is 43.7 Å². The Bertz CT molecular complexity index is 861. The average Bonchev–Trinajstić information content (AvgIpc) is 3.03. The number of rotatable bonds is 17. The number of hydrogen-bond acceptors (Lipinski definition) is 11. The average molecular weight is 557 g/mol. The minimum absolute atomic E-state index is 0.101. The summed E-state index contributed by atoms with van der Waals surface area (Å²) in [5.74, 6) is -2.60. The number of aliphatic hydroxyl groups excluding tert-OH is 3. The van der Waals surface area contributed by atoms with Crippen molar-refractivity contribution >= 4 is 25.4 Å². The van der Waals surface area contributed by atoms with Crippen LogP contribution in [0.4, 0.5) is 0 Å². The molecule has 2 unspecified atom stereocenters. The van der Waals surface area contributed by atoms with Gasteiger partial charge in [-0.15, -0.1) is 0 Å². The Morgan fingerprint density at radius 2 is 1.78 bits per heavy atom. The lowest BCUT2D eigenvalue weighted by atomic mass is 10.0. The second-order valence-electron chi connectivity index (χ2n) is 9.16. The summed E-state index contributed by atoms with van der Waals surface area (Å²) in [5.41, 5.74) is -2.04. The molecule has 16 nitrogen and oxygen atoms in total. The quantitative estimate of drug-likeness (QED) is 0.0439. The molecule has 7 N–H and O–H groups in total. The number of hydrogen-bond donors (Lipinski definition) is 7. The van der Waals surface area contributed by atoms with Crippen molar-refractivity contribution in [2.24, 2.45) is 0 Å². The number of unbranched alkanes of at least 4 members (excludes halogenated alkanes) is 2. The number of nitrogens with zero attached hydrogens (tertiary/aromatic N) is 2. The van der Waals surface area contributed by atoms with Gasteiger partial charge in [0.2, 0.25) is 18.4 Å². The number of aliphatic carboxylic acids is 1. The number of carbonyl (C=O) groups excluding carboxylic acids is 2. The first-order chi connectivity index (χ1) is 17.1. The Morgan fingerprint density at radius 1 is 1.16 bits per heavy atom. The molecule has 1 fully saturated rings. The van der Waals surface area contributed by atoms with Crippen molar-refractivity contribution in [3.8, 4) is 0 Å². The van der Waals surface area contributed by atoms with Crippen LogP contribution < -0.4 is 10.6 Å². The Morgan fingerprint density at radius 3 is 2.32 bits per heavy atom. The highest BCUT2D eigenvalue weighted by Crippen LogP contribution is 2.43. The standard InChI is InChI=1S/C20H37N4O12P/c1-13(26)21-10-14-17(28)18(29)15(11-25)23(14)8-9-37(34,35)36-12-20(2,19(30)31)22-16(27)6-4-3-5-7-24(32)33/h14-15,17-18,25,28-29H,3-12H2,1-2H3,(H,21,26)(H,22,27)(H,30,31)(H,34,35)/t14-,15-,17-,18-,20?/m1/s1. The van der Waals surface area contributed by atoms with Crippen LogP contribution >= 0.6 is 7.60 Å². The fourth-order valence-electron chi connectivity index (χ4n) is 3.89. The first-order valence-corrected chi connectivity index (χ1v) is 13.5. The molecule has 1 rings (SSSR count). The molecule has 0 bridgehead atoms. The highest BCUT2D eigenvalue weighted by molar-refractivity contribution is 7.52. The van der Waals surface area contributed by atoms with Gasteiger partial charge in [0.15, 0.2) is 5.54 Å². The zero-order valence-corrected chi connectivity index (χ0v) is 21.7. The van der Waals surface area contributed by atoms with E-state index in [-0.39, 0.29) is 38.9 Å². The molecule has 0 saturated carbocycles. The molecular formula is C20H37N4O12P. The van der Waals surface area contributed by atoms with Gasteiger partial charge in [-0.1, -0.05) is 0 Å². The Kier molecular flexibility index (Phi) is 13.0. The van der Waals surface area contributed by atoms with E-state index in [1.54, 1.807) is 0 Å². The number of carbonyl (C=O) groups is 3. The predicted octanol–water partition coefficient (Wildman–Crippen LogP) is -2.11. The highest BCUT2D eigenvalue weighted by atomic mass is 31.2. The smallest absolute Gasteiger partial charge is 0.331 e. The van der Waals surface area contributed by atoms with E-state index in [0.717, 1.165) is 6.92 Å². The molecule has 1 heterocycles. The summed E-state index contributed by atoms with van der Waals surface area (Å²) in [7, 11) is -4.46. The third kappa shape index (κ3) is 10.6. The summed E-state index contributed by atoms with van der Waals surface area (Å²) in [4.78, 5) is 56.7. The van der Waals surface area contributed by atoms with E-state index < -0.39 is 79.5 Å². The molecule has 1 aliphatic rings. The fraction of sp³-hybridized carbons (Fsp3) is 0.850. The van der Waals surface area contributed by atoms with Crippen LogP contribution in [-0.2, 0) is 23.5 Å². The summed E-state index contributed by atoms with van der Waals surface area (Å²) in [5, 5.41) is 54.7. The molecule has 17 heteroatoms. The lowest BCUT2D eigenvalue weighted by molar-refractivity contribution is -0.480. The van der Waals surface area contributed by atoms with Gasteiger partial charge in [0.1, 0.15) is 0 Å². The molecule has 37 heavy (non-hydrogen) atoms. The van der Waals surface area contributed by atoms with Gasteiger partial charge in [0, 0.05) is 37.8 Å². The predicted molar refractivity (Wildman–Crippen MR) is 127 cm³/mol. The second kappa shape index (κ2) is 14.7. The van der Waals surface area contributed by atoms with Crippen molar-refractivity contribution in [3.63, 3.8) is 0 Å². The first-order valence-electron chi connectivity index (χ1n) is 11.7. The second-order valence-corrected chi connectivity index (χ2v) is 11.1. The van der Waals surface area contributed by atoms with Crippen molar-refractivity contribution in [2.75, 3.05) is 39.0 Å². The van der Waals surface area contributed by atoms with E-state index in [0.29, 0.717) is 6.42 Å². The number of nitro groups is 1. The molecule has 2 amide bonds. The van der Waals surface area contributed by atoms with Crippen molar-refractivity contribution < 1.29 is 53.7 Å². The molecule has 6 atom stereocenters. The third-order valence-electron chi connectivity index (χ3n) is 6.07. The van der Waals surface area contributed by atoms with Crippen LogP contribution in [0.2, 0.25) is 0 Å². The summed E-state index contributed by atoms with van der Waals surface area (Å²) >= 11 is 0. The Hall–Kier alpha value is -2.20. The van der Waals surface area contributed by atoms with Gasteiger partial charge in [-0.2, -0.15) is 0 Å². The monoisotopic (exact) mass is 556 g/mol. The topological polar surface area (TPSA) is 249 Å². The molecule has 0 spiro atoms. The van der Waals surface area contributed by atoms with Crippen LogP contribution in [0.3, 0.4) is 0 Å². The highest BCUT2D eigenvalue weighted by Gasteiger charge is 2.47. The summed E-state index contributed by atoms with van der Waals surface area (Å²) in [6.45, 7) is 0.312. The van der Waals surface area contributed by atoms with Crippen molar-refractivity contribution in [3.05, 3.63) is 10.1 Å². The van der Waals surface area contributed by atoms with E-state index >= 15 is 0 Å². The molecular weight excluding hydrogens is 519 g/mol. The minimum Gasteiger partial charge on any atom is -0.479 e. The van der Waals surface area contributed by atoms with E-state index in [2.05, 4.69) is 10.6 Å². The number of carboxylic acid groups (broad SMARTS) is 1. The van der Waals surface area contributed by atoms with Crippen molar-refractivity contribution in [2.45, 2.75) is 69.4 Å². The number of nitrogens with one attached hydrogen (secondary N) is 2. The minimum atomic E-state index is -4.46. The summed E-state index contributed by atoms with van der Waals surface area (Å²) < 4.78 is 17.6. The van der Waals surface area contributed by atoms with Gasteiger partial charge in [-0.3, -0.25) is 29.2 Å². The molecule has 1 aliphatic heterocycles. The lowest BCUT2D eigenvalue weighted by Gasteiger charge is -2.31. The SMILES string of the molecule is CC(=O)NC[C@@H]1[C@@H](O)[C@H](O)[C@@H](CO)N1CCP(=O)(O)OCC(C)(NC(=O)CCCCC[N+](=O)[O-])C(=O)O. The molecule has 0 aromatic rings. The van der Waals surface area contributed by atoms with Crippen LogP contribution in [-0.4, -0.2) is 122 Å². The third-order valence-corrected chi connectivity index (χ3v) is 7.36. The van der Waals surface area contributed by atoms with Gasteiger partial charge >= 0.3 is 13.6 Å². The van der Waals surface area contributed by atoms with Gasteiger partial charge < -0.3 is 40.5 Å². The maximum absolute atomic E-state index is 12.6. The van der Waals surface area contributed by atoms with Crippen LogP contribution in [0.1, 0.15) is 39.5 Å². The number of aliphatic hydroxyl groups is 3. The summed E-state index contributed by atoms with van der Waals surface area (Å²) in [6.07, 6.45) is -2.47. The van der Waals surface area contributed by atoms with Crippen LogP contribution in [0.15, 0.2) is 0 Å². The molecule has 0 aliphatic carbocycles. The van der Waals surface area contributed by atoms with E-state index in [9.17, 15) is 54.4 Å². The maximum atomic E-state index is 12.6. The van der Waals surface area contributed by atoms with Crippen molar-refractivity contribution in [1.29, 1.82) is 0 Å². The van der Waals surface area contributed by atoms with E-state index in [1.807, 2.05) is 0 Å². The van der Waals surface area contributed by atoms with Crippen LogP contribution in [0.5, 0.6) is 0 Å². The fourth-order valence-corrected chi connectivity index (χ4v) is 4.96. The Labute approximate surface area is 213 Å². The summed E-state index contributed by atoms with van der Waals surface area (Å²) in [6, 6.07) is -1.85. The molecule has 0 radical (unpaired) electrons. The van der Waals surface area contributed by atoms with Crippen LogP contribution in [0, 0.1) is 10.1 Å². The van der Waals surface area contributed by atoms with Gasteiger partial charge in [-0.05, 0) is 19.8 Å². The Balaban J connectivity index is 2.72.